The molecule has 2 aromatic rings. The Bertz CT molecular complexity index is 1340. The standard InChI is InChI=1S/C27H29NO7S/c1-5-36-11-10-34-27(32)21-15(3)28-18-12-14(2)20(26(31)33-4)25(30)23(18)22(21)17-13-35-19-9-7-6-8-16(19)24(17)29/h6-9,13-14,20,22,28H,5,10-12H2,1-4H3/t14-,20+,22+/m0/s1. The molecular formula is C27H29NO7S. The molecule has 1 aromatic carbocycles. The molecule has 0 bridgehead atoms. The monoisotopic (exact) mass is 511 g/mol. The number of esters is 2. The second-order valence-corrected chi connectivity index (χ2v) is 10.3. The number of ketones is 1. The molecule has 9 heteroatoms. The van der Waals surface area contributed by atoms with E-state index in [0.717, 1.165) is 5.75 Å². The third-order valence-electron chi connectivity index (χ3n) is 6.65. The molecule has 0 unspecified atom stereocenters. The second kappa shape index (κ2) is 10.7. The summed E-state index contributed by atoms with van der Waals surface area (Å²) in [6.45, 7) is 5.73. The molecule has 0 amide bonds. The highest BCUT2D eigenvalue weighted by molar-refractivity contribution is 7.99. The Hall–Kier alpha value is -3.33. The number of methoxy groups -OCH3 is 1. The molecule has 2 aliphatic rings. The molecule has 0 fully saturated rings. The van der Waals surface area contributed by atoms with Crippen LogP contribution >= 0.6 is 11.8 Å². The van der Waals surface area contributed by atoms with E-state index in [0.29, 0.717) is 34.5 Å². The van der Waals surface area contributed by atoms with E-state index < -0.39 is 29.6 Å². The number of hydrogen-bond donors (Lipinski definition) is 1. The van der Waals surface area contributed by atoms with Crippen molar-refractivity contribution in [2.75, 3.05) is 25.2 Å². The normalized spacial score (nSPS) is 21.8. The Kier molecular flexibility index (Phi) is 7.68. The fourth-order valence-electron chi connectivity index (χ4n) is 4.97. The summed E-state index contributed by atoms with van der Waals surface area (Å²) in [4.78, 5) is 53.3. The summed E-state index contributed by atoms with van der Waals surface area (Å²) >= 11 is 1.63. The van der Waals surface area contributed by atoms with Gasteiger partial charge in [-0.1, -0.05) is 26.0 Å². The summed E-state index contributed by atoms with van der Waals surface area (Å²) in [5, 5.41) is 3.53. The third-order valence-corrected chi connectivity index (χ3v) is 7.51. The minimum Gasteiger partial charge on any atom is -0.468 e. The Balaban J connectivity index is 1.88. The minimum absolute atomic E-state index is 0.142. The van der Waals surface area contributed by atoms with Gasteiger partial charge in [-0.2, -0.15) is 11.8 Å². The first-order valence-electron chi connectivity index (χ1n) is 11.9. The number of ether oxygens (including phenoxy) is 2. The van der Waals surface area contributed by atoms with Crippen LogP contribution in [0.2, 0.25) is 0 Å². The first-order chi connectivity index (χ1) is 17.3. The number of thioether (sulfide) groups is 1. The maximum atomic E-state index is 13.8. The first kappa shape index (κ1) is 25.8. The molecule has 1 aliphatic carbocycles. The Labute approximate surface area is 213 Å². The van der Waals surface area contributed by atoms with Crippen molar-refractivity contribution in [2.24, 2.45) is 11.8 Å². The second-order valence-electron chi connectivity index (χ2n) is 8.88. The Morgan fingerprint density at radius 2 is 1.97 bits per heavy atom. The summed E-state index contributed by atoms with van der Waals surface area (Å²) < 4.78 is 16.2. The number of Topliss-reactive ketones (excluding diaryl/α,β-unsaturated/α-hetero) is 1. The van der Waals surface area contributed by atoms with Gasteiger partial charge >= 0.3 is 11.9 Å². The number of carbonyl (C=O) groups excluding carboxylic acids is 3. The highest BCUT2D eigenvalue weighted by Gasteiger charge is 2.48. The molecule has 2 heterocycles. The van der Waals surface area contributed by atoms with E-state index in [-0.39, 0.29) is 34.7 Å². The zero-order chi connectivity index (χ0) is 26.0. The summed E-state index contributed by atoms with van der Waals surface area (Å²) in [6.07, 6.45) is 1.68. The van der Waals surface area contributed by atoms with Crippen LogP contribution < -0.4 is 10.7 Å². The molecule has 0 saturated heterocycles. The first-order valence-corrected chi connectivity index (χ1v) is 13.0. The molecule has 190 valence electrons. The lowest BCUT2D eigenvalue weighted by molar-refractivity contribution is -0.151. The number of nitrogens with one attached hydrogen (secondary N) is 1. The van der Waals surface area contributed by atoms with Crippen molar-refractivity contribution < 1.29 is 28.3 Å². The van der Waals surface area contributed by atoms with Crippen molar-refractivity contribution >= 4 is 40.5 Å². The van der Waals surface area contributed by atoms with Crippen LogP contribution in [0.3, 0.4) is 0 Å². The van der Waals surface area contributed by atoms with Gasteiger partial charge in [-0.3, -0.25) is 14.4 Å². The van der Waals surface area contributed by atoms with Gasteiger partial charge in [0.25, 0.3) is 0 Å². The average molecular weight is 512 g/mol. The number of rotatable bonds is 7. The van der Waals surface area contributed by atoms with Gasteiger partial charge in [-0.05, 0) is 37.1 Å². The fraction of sp³-hybridized carbons (Fsp3) is 0.407. The van der Waals surface area contributed by atoms with E-state index >= 15 is 0 Å². The number of allylic oxidation sites excluding steroid dienone is 3. The Morgan fingerprint density at radius 3 is 2.69 bits per heavy atom. The van der Waals surface area contributed by atoms with Crippen molar-refractivity contribution in [3.8, 4) is 0 Å². The predicted molar refractivity (Wildman–Crippen MR) is 136 cm³/mol. The highest BCUT2D eigenvalue weighted by atomic mass is 32.2. The van der Waals surface area contributed by atoms with Gasteiger partial charge in [0, 0.05) is 28.3 Å². The lowest BCUT2D eigenvalue weighted by Crippen LogP contribution is -2.44. The van der Waals surface area contributed by atoms with Crippen LogP contribution in [0.5, 0.6) is 0 Å². The zero-order valence-corrected chi connectivity index (χ0v) is 21.5. The zero-order valence-electron chi connectivity index (χ0n) is 20.7. The summed E-state index contributed by atoms with van der Waals surface area (Å²) in [5.41, 5.74) is 1.62. The lowest BCUT2D eigenvalue weighted by Gasteiger charge is -2.37. The summed E-state index contributed by atoms with van der Waals surface area (Å²) in [6, 6.07) is 6.79. The maximum absolute atomic E-state index is 13.8. The van der Waals surface area contributed by atoms with E-state index in [1.54, 1.807) is 49.9 Å². The van der Waals surface area contributed by atoms with Gasteiger partial charge in [0.2, 0.25) is 0 Å². The number of carbonyl (C=O) groups is 3. The van der Waals surface area contributed by atoms with Gasteiger partial charge in [0.05, 0.1) is 30.3 Å². The van der Waals surface area contributed by atoms with Gasteiger partial charge < -0.3 is 19.2 Å². The fourth-order valence-corrected chi connectivity index (χ4v) is 5.46. The molecule has 4 rings (SSSR count). The van der Waals surface area contributed by atoms with Gasteiger partial charge in [-0.25, -0.2) is 4.79 Å². The summed E-state index contributed by atoms with van der Waals surface area (Å²) in [5.74, 6) is -2.63. The third kappa shape index (κ3) is 4.59. The molecule has 0 saturated carbocycles. The van der Waals surface area contributed by atoms with Gasteiger partial charge in [-0.15, -0.1) is 0 Å². The largest absolute Gasteiger partial charge is 0.468 e. The van der Waals surface area contributed by atoms with Crippen molar-refractivity contribution in [1.29, 1.82) is 0 Å². The van der Waals surface area contributed by atoms with E-state index in [1.807, 2.05) is 6.92 Å². The molecule has 1 N–H and O–H groups in total. The predicted octanol–water partition coefficient (Wildman–Crippen LogP) is 3.70. The van der Waals surface area contributed by atoms with Gasteiger partial charge in [0.15, 0.2) is 11.2 Å². The van der Waals surface area contributed by atoms with E-state index in [9.17, 15) is 19.2 Å². The van der Waals surface area contributed by atoms with Crippen LogP contribution in [-0.4, -0.2) is 42.9 Å². The minimum atomic E-state index is -1.04. The van der Waals surface area contributed by atoms with Crippen molar-refractivity contribution in [3.63, 3.8) is 0 Å². The highest BCUT2D eigenvalue weighted by Crippen LogP contribution is 2.45. The smallest absolute Gasteiger partial charge is 0.336 e. The number of hydrogen-bond acceptors (Lipinski definition) is 9. The topological polar surface area (TPSA) is 112 Å². The van der Waals surface area contributed by atoms with Crippen LogP contribution in [0.1, 0.15) is 38.7 Å². The number of fused-ring (bicyclic) bond motifs is 1. The quantitative estimate of drug-likeness (QED) is 0.338. The van der Waals surface area contributed by atoms with Crippen LogP contribution in [0.15, 0.2) is 62.3 Å². The van der Waals surface area contributed by atoms with E-state index in [1.165, 1.54) is 13.4 Å². The Morgan fingerprint density at radius 1 is 1.22 bits per heavy atom. The van der Waals surface area contributed by atoms with Crippen molar-refractivity contribution in [3.05, 3.63) is 68.9 Å². The molecule has 36 heavy (non-hydrogen) atoms. The van der Waals surface area contributed by atoms with E-state index in [2.05, 4.69) is 5.32 Å². The van der Waals surface area contributed by atoms with Crippen molar-refractivity contribution in [2.45, 2.75) is 33.1 Å². The van der Waals surface area contributed by atoms with Crippen LogP contribution in [0.4, 0.5) is 0 Å². The molecule has 1 aliphatic heterocycles. The lowest BCUT2D eigenvalue weighted by atomic mass is 9.69. The van der Waals surface area contributed by atoms with Crippen LogP contribution in [0.25, 0.3) is 11.0 Å². The number of benzene rings is 1. The van der Waals surface area contributed by atoms with Gasteiger partial charge in [0.1, 0.15) is 18.1 Å². The molecule has 1 aromatic heterocycles. The van der Waals surface area contributed by atoms with Crippen LogP contribution in [-0.2, 0) is 23.9 Å². The molecule has 0 radical (unpaired) electrons. The summed E-state index contributed by atoms with van der Waals surface area (Å²) in [7, 11) is 1.24. The average Bonchev–Trinajstić information content (AvgIpc) is 2.86. The molecule has 3 atom stereocenters. The van der Waals surface area contributed by atoms with E-state index in [4.69, 9.17) is 13.9 Å². The molecule has 8 nitrogen and oxygen atoms in total. The van der Waals surface area contributed by atoms with Crippen LogP contribution in [0, 0.1) is 11.8 Å². The molecular weight excluding hydrogens is 482 g/mol. The SMILES string of the molecule is CCSCCOC(=O)C1=C(C)NC2=C(C(=O)[C@H](C(=O)OC)[C@@H](C)C2)[C@@H]1c1coc2ccccc2c1=O. The maximum Gasteiger partial charge on any atom is 0.336 e. The van der Waals surface area contributed by atoms with Crippen molar-refractivity contribution in [1.82, 2.24) is 5.32 Å². The number of dihydropyridines is 1. The molecule has 0 spiro atoms. The number of para-hydroxylation sites is 1.